The molecule has 3 aromatic rings. The number of morpholine rings is 1. The van der Waals surface area contributed by atoms with E-state index in [9.17, 15) is 4.79 Å². The molecule has 1 aliphatic heterocycles. The van der Waals surface area contributed by atoms with Crippen molar-refractivity contribution in [1.29, 1.82) is 0 Å². The third-order valence-corrected chi connectivity index (χ3v) is 7.29. The maximum Gasteiger partial charge on any atom is 0.249 e. The van der Waals surface area contributed by atoms with Crippen molar-refractivity contribution in [2.75, 3.05) is 20.3 Å². The highest BCUT2D eigenvalue weighted by Gasteiger charge is 2.43. The van der Waals surface area contributed by atoms with Gasteiger partial charge in [0.05, 0.1) is 32.4 Å². The van der Waals surface area contributed by atoms with Crippen LogP contribution < -0.4 is 4.74 Å². The van der Waals surface area contributed by atoms with Crippen LogP contribution in [-0.4, -0.2) is 37.2 Å². The molecule has 5 nitrogen and oxygen atoms in total. The second-order valence-corrected chi connectivity index (χ2v) is 10.6. The van der Waals surface area contributed by atoms with Gasteiger partial charge in [-0.15, -0.1) is 0 Å². The quantitative estimate of drug-likeness (QED) is 0.287. The van der Waals surface area contributed by atoms with Crippen molar-refractivity contribution in [2.45, 2.75) is 45.6 Å². The molecule has 0 saturated carbocycles. The average molecular weight is 543 g/mol. The lowest BCUT2D eigenvalue weighted by atomic mass is 9.89. The first-order valence-electron chi connectivity index (χ1n) is 12.4. The van der Waals surface area contributed by atoms with E-state index >= 15 is 0 Å². The predicted octanol–water partition coefficient (Wildman–Crippen LogP) is 7.19. The van der Waals surface area contributed by atoms with Crippen LogP contribution in [0.15, 0.2) is 66.7 Å². The molecule has 1 unspecified atom stereocenters. The summed E-state index contributed by atoms with van der Waals surface area (Å²) >= 11 is 12.5. The van der Waals surface area contributed by atoms with E-state index in [1.165, 1.54) is 0 Å². The predicted molar refractivity (Wildman–Crippen MR) is 147 cm³/mol. The number of carbonyl (C=O) groups is 1. The van der Waals surface area contributed by atoms with Gasteiger partial charge < -0.3 is 19.1 Å². The number of nitrogens with zero attached hydrogens (tertiary/aromatic N) is 1. The van der Waals surface area contributed by atoms with Gasteiger partial charge in [0.15, 0.2) is 0 Å². The molecule has 0 bridgehead atoms. The lowest BCUT2D eigenvalue weighted by Gasteiger charge is -2.46. The number of aryl methyl sites for hydroxylation is 1. The SMILES string of the molecule is COc1cc(COC[C@H](C(C)C)N2C(=O)CO[C@H](c3cccc(Cl)c3)C2c2ccc(Cl)cc2)ccc1C. The minimum absolute atomic E-state index is 0.0142. The van der Waals surface area contributed by atoms with Crippen LogP contribution in [0.4, 0.5) is 0 Å². The van der Waals surface area contributed by atoms with Gasteiger partial charge in [-0.1, -0.05) is 73.4 Å². The standard InChI is InChI=1S/C30H33Cl2NO4/c1-19(2)26(17-36-16-21-9-8-20(3)27(14-21)35-4)33-28(34)18-37-30(23-6-5-7-25(32)15-23)29(33)22-10-12-24(31)13-11-22/h5-15,19,26,29-30H,16-18H2,1-4H3/t26-,29?,30-/m1/s1. The summed E-state index contributed by atoms with van der Waals surface area (Å²) in [5.74, 6) is 0.902. The summed E-state index contributed by atoms with van der Waals surface area (Å²) in [6.07, 6.45) is -0.389. The number of hydrogen-bond acceptors (Lipinski definition) is 4. The molecule has 1 fully saturated rings. The lowest BCUT2D eigenvalue weighted by molar-refractivity contribution is -0.168. The van der Waals surface area contributed by atoms with Crippen molar-refractivity contribution >= 4 is 29.1 Å². The van der Waals surface area contributed by atoms with Crippen molar-refractivity contribution in [2.24, 2.45) is 5.92 Å². The molecule has 0 aromatic heterocycles. The number of halogens is 2. The van der Waals surface area contributed by atoms with Gasteiger partial charge in [-0.3, -0.25) is 4.79 Å². The summed E-state index contributed by atoms with van der Waals surface area (Å²) in [7, 11) is 1.67. The van der Waals surface area contributed by atoms with Gasteiger partial charge in [0.25, 0.3) is 0 Å². The van der Waals surface area contributed by atoms with Gasteiger partial charge in [0.2, 0.25) is 5.91 Å². The van der Waals surface area contributed by atoms with Crippen LogP contribution >= 0.6 is 23.2 Å². The van der Waals surface area contributed by atoms with E-state index in [0.29, 0.717) is 23.3 Å². The van der Waals surface area contributed by atoms with Crippen LogP contribution in [-0.2, 0) is 20.9 Å². The van der Waals surface area contributed by atoms with Crippen LogP contribution in [0.25, 0.3) is 0 Å². The van der Waals surface area contributed by atoms with Crippen LogP contribution in [0.3, 0.4) is 0 Å². The summed E-state index contributed by atoms with van der Waals surface area (Å²) in [4.78, 5) is 15.4. The molecule has 0 aliphatic carbocycles. The van der Waals surface area contributed by atoms with Crippen molar-refractivity contribution in [1.82, 2.24) is 4.90 Å². The van der Waals surface area contributed by atoms with Gasteiger partial charge in [0.1, 0.15) is 18.5 Å². The minimum Gasteiger partial charge on any atom is -0.496 e. The zero-order chi connectivity index (χ0) is 26.5. The largest absolute Gasteiger partial charge is 0.496 e. The molecule has 1 amide bonds. The molecule has 196 valence electrons. The first-order valence-corrected chi connectivity index (χ1v) is 13.2. The summed E-state index contributed by atoms with van der Waals surface area (Å²) in [6.45, 7) is 7.01. The maximum absolute atomic E-state index is 13.5. The summed E-state index contributed by atoms with van der Waals surface area (Å²) in [6, 6.07) is 20.7. The molecule has 0 spiro atoms. The molecule has 0 N–H and O–H groups in total. The van der Waals surface area contributed by atoms with Crippen molar-refractivity contribution in [3.05, 3.63) is 99.0 Å². The highest BCUT2D eigenvalue weighted by molar-refractivity contribution is 6.30. The van der Waals surface area contributed by atoms with Gasteiger partial charge in [0, 0.05) is 10.0 Å². The van der Waals surface area contributed by atoms with Gasteiger partial charge in [-0.25, -0.2) is 0 Å². The fraction of sp³-hybridized carbons (Fsp3) is 0.367. The molecular formula is C30H33Cl2NO4. The van der Waals surface area contributed by atoms with E-state index in [1.54, 1.807) is 7.11 Å². The number of methoxy groups -OCH3 is 1. The van der Waals surface area contributed by atoms with Crippen molar-refractivity contribution < 1.29 is 19.0 Å². The number of ether oxygens (including phenoxy) is 3. The summed E-state index contributed by atoms with van der Waals surface area (Å²) < 4.78 is 17.8. The molecule has 1 heterocycles. The Morgan fingerprint density at radius 3 is 2.43 bits per heavy atom. The molecule has 3 aromatic carbocycles. The van der Waals surface area contributed by atoms with Crippen LogP contribution in [0.2, 0.25) is 10.0 Å². The fourth-order valence-corrected chi connectivity index (χ4v) is 5.15. The number of rotatable bonds is 9. The highest BCUT2D eigenvalue weighted by atomic mass is 35.5. The van der Waals surface area contributed by atoms with Crippen LogP contribution in [0, 0.1) is 12.8 Å². The van der Waals surface area contributed by atoms with Crippen LogP contribution in [0.1, 0.15) is 48.2 Å². The minimum atomic E-state index is -0.389. The second kappa shape index (κ2) is 12.3. The maximum atomic E-state index is 13.5. The number of carbonyl (C=O) groups excluding carboxylic acids is 1. The average Bonchev–Trinajstić information content (AvgIpc) is 2.88. The van der Waals surface area contributed by atoms with Crippen molar-refractivity contribution in [3.63, 3.8) is 0 Å². The topological polar surface area (TPSA) is 48.0 Å². The molecule has 37 heavy (non-hydrogen) atoms. The van der Waals surface area contributed by atoms with E-state index < -0.39 is 0 Å². The molecule has 4 rings (SSSR count). The van der Waals surface area contributed by atoms with E-state index in [4.69, 9.17) is 37.4 Å². The Bertz CT molecular complexity index is 1210. The van der Waals surface area contributed by atoms with Gasteiger partial charge in [-0.2, -0.15) is 0 Å². The second-order valence-electron chi connectivity index (χ2n) is 9.71. The van der Waals surface area contributed by atoms with E-state index in [1.807, 2.05) is 78.6 Å². The first-order chi connectivity index (χ1) is 17.8. The van der Waals surface area contributed by atoms with Crippen molar-refractivity contribution in [3.8, 4) is 5.75 Å². The lowest BCUT2D eigenvalue weighted by Crippen LogP contribution is -2.54. The Kier molecular flexibility index (Phi) is 9.14. The van der Waals surface area contributed by atoms with Gasteiger partial charge in [-0.05, 0) is 65.4 Å². The van der Waals surface area contributed by atoms with E-state index in [-0.39, 0.29) is 36.6 Å². The highest BCUT2D eigenvalue weighted by Crippen LogP contribution is 2.43. The third-order valence-electron chi connectivity index (χ3n) is 6.81. The van der Waals surface area contributed by atoms with Crippen LogP contribution in [0.5, 0.6) is 5.75 Å². The molecule has 1 aliphatic rings. The Labute approximate surface area is 229 Å². The Morgan fingerprint density at radius 2 is 1.76 bits per heavy atom. The Balaban J connectivity index is 1.64. The first kappa shape index (κ1) is 27.5. The van der Waals surface area contributed by atoms with Gasteiger partial charge >= 0.3 is 0 Å². The van der Waals surface area contributed by atoms with E-state index in [0.717, 1.165) is 28.0 Å². The number of benzene rings is 3. The fourth-order valence-electron chi connectivity index (χ4n) is 4.82. The molecule has 0 radical (unpaired) electrons. The molecule has 7 heteroatoms. The van der Waals surface area contributed by atoms with E-state index in [2.05, 4.69) is 13.8 Å². The molecular weight excluding hydrogens is 509 g/mol. The summed E-state index contributed by atoms with van der Waals surface area (Å²) in [5.41, 5.74) is 3.95. The normalized spacial score (nSPS) is 18.8. The monoisotopic (exact) mass is 541 g/mol. The molecule has 1 saturated heterocycles. The number of amides is 1. The molecule has 3 atom stereocenters. The number of hydrogen-bond donors (Lipinski definition) is 0. The summed E-state index contributed by atoms with van der Waals surface area (Å²) in [5, 5.41) is 1.26. The Morgan fingerprint density at radius 1 is 1.00 bits per heavy atom. The zero-order valence-electron chi connectivity index (χ0n) is 21.6. The third kappa shape index (κ3) is 6.47. The Hall–Kier alpha value is -2.57. The zero-order valence-corrected chi connectivity index (χ0v) is 23.1. The smallest absolute Gasteiger partial charge is 0.249 e.